The Labute approximate surface area is 408 Å². The smallest absolute Gasteiger partial charge is 0.197 e. The zero-order valence-electron chi connectivity index (χ0n) is 41.1. The predicted octanol–water partition coefficient (Wildman–Crippen LogP) is 16.9. The summed E-state index contributed by atoms with van der Waals surface area (Å²) in [5.74, 6) is 0. The Morgan fingerprint density at radius 1 is 0.522 bits per heavy atom. The van der Waals surface area contributed by atoms with Crippen LogP contribution in [0.5, 0.6) is 0 Å². The van der Waals surface area contributed by atoms with Gasteiger partial charge in [-0.25, -0.2) is 0 Å². The summed E-state index contributed by atoms with van der Waals surface area (Å²) in [5.41, 5.74) is 22.2. The van der Waals surface area contributed by atoms with Crippen LogP contribution in [-0.4, -0.2) is 7.28 Å². The van der Waals surface area contributed by atoms with Crippen LogP contribution in [0.15, 0.2) is 180 Å². The Kier molecular flexibility index (Phi) is 9.91. The third kappa shape index (κ3) is 7.44. The first-order valence-electron chi connectivity index (χ1n) is 24.7. The lowest BCUT2D eigenvalue weighted by atomic mass is 9.57. The fourth-order valence-electron chi connectivity index (χ4n) is 11.2. The zero-order valence-corrected chi connectivity index (χ0v) is 41.1. The quantitative estimate of drug-likeness (QED) is 0.169. The number of hydrogen-bond acceptors (Lipinski definition) is 3. The summed E-state index contributed by atoms with van der Waals surface area (Å²) in [6.07, 6.45) is 2.32. The standard InChI is InChI=1S/C65H58BN2O/c1-40-31-45(41-17-11-9-12-18-41)23-28-57(40)68-58-39-61-51(50-36-53-54(38-60(50)69-61)65(7,8)30-29-64(53,5)6)37-55(58)66-62-52(33-46(35-59(62)68)42-19-13-10-14-20-42)49-32-43-21-15-16-22-44(43)34-56(49)67-48-26-24-47(25-27-48)63(2,3)4/h9-28,31-39,67H,29-30H2,1-8H3. The molecule has 2 aliphatic rings. The summed E-state index contributed by atoms with van der Waals surface area (Å²) in [6, 6.07) is 65.2. The molecule has 1 aromatic heterocycles. The van der Waals surface area contributed by atoms with Gasteiger partial charge in [0.2, 0.25) is 0 Å². The van der Waals surface area contributed by atoms with Crippen molar-refractivity contribution in [3.05, 3.63) is 198 Å². The molecule has 0 unspecified atom stereocenters. The average Bonchev–Trinajstić information content (AvgIpc) is 3.70. The van der Waals surface area contributed by atoms with Crippen molar-refractivity contribution in [2.45, 2.75) is 84.5 Å². The minimum atomic E-state index is 0.0586. The van der Waals surface area contributed by atoms with Crippen molar-refractivity contribution in [3.63, 3.8) is 0 Å². The summed E-state index contributed by atoms with van der Waals surface area (Å²) in [5, 5.41) is 8.66. The molecule has 1 radical (unpaired) electrons. The summed E-state index contributed by atoms with van der Waals surface area (Å²) < 4.78 is 7.00. The Hall–Kier alpha value is -7.30. The van der Waals surface area contributed by atoms with Gasteiger partial charge in [0, 0.05) is 50.8 Å². The molecule has 4 heteroatoms. The molecule has 12 rings (SSSR count). The van der Waals surface area contributed by atoms with Gasteiger partial charge in [-0.15, -0.1) is 0 Å². The van der Waals surface area contributed by atoms with Gasteiger partial charge < -0.3 is 14.6 Å². The van der Waals surface area contributed by atoms with E-state index in [1.807, 2.05) is 0 Å². The first-order chi connectivity index (χ1) is 33.2. The highest BCUT2D eigenvalue weighted by Crippen LogP contribution is 2.50. The highest BCUT2D eigenvalue weighted by atomic mass is 16.3. The van der Waals surface area contributed by atoms with Crippen LogP contribution < -0.4 is 21.1 Å². The van der Waals surface area contributed by atoms with Gasteiger partial charge in [-0.3, -0.25) is 0 Å². The molecule has 0 saturated carbocycles. The maximum Gasteiger partial charge on any atom is 0.197 e. The Morgan fingerprint density at radius 2 is 1.13 bits per heavy atom. The highest BCUT2D eigenvalue weighted by molar-refractivity contribution is 6.73. The first-order valence-corrected chi connectivity index (χ1v) is 24.7. The molecule has 69 heavy (non-hydrogen) atoms. The van der Waals surface area contributed by atoms with Crippen molar-refractivity contribution in [1.82, 2.24) is 0 Å². The summed E-state index contributed by atoms with van der Waals surface area (Å²) in [4.78, 5) is 2.51. The number of aryl methyl sites for hydroxylation is 1. The van der Waals surface area contributed by atoms with E-state index in [-0.39, 0.29) is 16.2 Å². The molecule has 1 aliphatic carbocycles. The van der Waals surface area contributed by atoms with Crippen LogP contribution in [0.25, 0.3) is 66.1 Å². The van der Waals surface area contributed by atoms with E-state index in [1.54, 1.807) is 0 Å². The third-order valence-corrected chi connectivity index (χ3v) is 15.4. The average molecular weight is 894 g/mol. The summed E-state index contributed by atoms with van der Waals surface area (Å²) >= 11 is 0. The molecule has 0 fully saturated rings. The first kappa shape index (κ1) is 43.0. The van der Waals surface area contributed by atoms with Gasteiger partial charge in [-0.2, -0.15) is 0 Å². The second kappa shape index (κ2) is 15.9. The normalized spacial score (nSPS) is 14.9. The number of nitrogens with zero attached hydrogens (tertiary/aromatic N) is 1. The number of furan rings is 1. The molecule has 0 atom stereocenters. The molecule has 0 saturated heterocycles. The van der Waals surface area contributed by atoms with Crippen molar-refractivity contribution in [1.29, 1.82) is 0 Å². The summed E-state index contributed by atoms with van der Waals surface area (Å²) in [6.45, 7) is 18.7. The minimum absolute atomic E-state index is 0.0586. The minimum Gasteiger partial charge on any atom is -0.456 e. The topological polar surface area (TPSA) is 28.4 Å². The molecule has 0 spiro atoms. The van der Waals surface area contributed by atoms with Crippen molar-refractivity contribution in [2.75, 3.05) is 10.2 Å². The maximum absolute atomic E-state index is 7.00. The number of rotatable bonds is 6. The van der Waals surface area contributed by atoms with E-state index in [0.29, 0.717) is 0 Å². The molecule has 2 heterocycles. The molecule has 1 aliphatic heterocycles. The van der Waals surface area contributed by atoms with Crippen molar-refractivity contribution >= 4 is 79.4 Å². The fraction of sp³-hybridized carbons (Fsp3) is 0.200. The van der Waals surface area contributed by atoms with Crippen LogP contribution >= 0.6 is 0 Å². The van der Waals surface area contributed by atoms with Crippen LogP contribution in [0.2, 0.25) is 0 Å². The number of benzene rings is 9. The van der Waals surface area contributed by atoms with Crippen LogP contribution in [0.3, 0.4) is 0 Å². The van der Waals surface area contributed by atoms with Crippen molar-refractivity contribution in [3.8, 4) is 33.4 Å². The van der Waals surface area contributed by atoms with E-state index in [2.05, 4.69) is 249 Å². The molecule has 0 amide bonds. The largest absolute Gasteiger partial charge is 0.456 e. The third-order valence-electron chi connectivity index (χ3n) is 15.4. The van der Waals surface area contributed by atoms with Gasteiger partial charge in [0.1, 0.15) is 11.2 Å². The van der Waals surface area contributed by atoms with E-state index in [1.165, 1.54) is 60.6 Å². The van der Waals surface area contributed by atoms with Crippen LogP contribution in [0.1, 0.15) is 83.6 Å². The molecule has 337 valence electrons. The molecule has 1 N–H and O–H groups in total. The van der Waals surface area contributed by atoms with Gasteiger partial charge in [0.05, 0.1) is 0 Å². The Balaban J connectivity index is 1.13. The molecular weight excluding hydrogens is 836 g/mol. The zero-order chi connectivity index (χ0) is 47.4. The predicted molar refractivity (Wildman–Crippen MR) is 296 cm³/mol. The Bertz CT molecular complexity index is 3650. The van der Waals surface area contributed by atoms with Gasteiger partial charge >= 0.3 is 0 Å². The van der Waals surface area contributed by atoms with Crippen LogP contribution in [-0.2, 0) is 16.2 Å². The summed E-state index contributed by atoms with van der Waals surface area (Å²) in [7, 11) is 2.44. The lowest BCUT2D eigenvalue weighted by Crippen LogP contribution is -2.41. The second-order valence-electron chi connectivity index (χ2n) is 22.0. The van der Waals surface area contributed by atoms with E-state index < -0.39 is 0 Å². The Morgan fingerprint density at radius 3 is 1.80 bits per heavy atom. The maximum atomic E-state index is 7.00. The number of nitrogens with one attached hydrogen (secondary N) is 1. The van der Waals surface area contributed by atoms with Crippen molar-refractivity contribution in [2.24, 2.45) is 0 Å². The lowest BCUT2D eigenvalue weighted by molar-refractivity contribution is 0.332. The number of hydrogen-bond donors (Lipinski definition) is 1. The van der Waals surface area contributed by atoms with E-state index in [9.17, 15) is 0 Å². The lowest BCUT2D eigenvalue weighted by Gasteiger charge is -2.41. The molecule has 9 aromatic carbocycles. The molecule has 10 aromatic rings. The van der Waals surface area contributed by atoms with E-state index in [4.69, 9.17) is 4.42 Å². The van der Waals surface area contributed by atoms with E-state index >= 15 is 0 Å². The van der Waals surface area contributed by atoms with Crippen LogP contribution in [0, 0.1) is 6.92 Å². The van der Waals surface area contributed by atoms with Crippen LogP contribution in [0.4, 0.5) is 28.4 Å². The number of anilines is 5. The van der Waals surface area contributed by atoms with Gasteiger partial charge in [0.25, 0.3) is 0 Å². The molecule has 3 nitrogen and oxygen atoms in total. The monoisotopic (exact) mass is 893 g/mol. The van der Waals surface area contributed by atoms with Gasteiger partial charge in [-0.1, -0.05) is 163 Å². The molecule has 0 bridgehead atoms. The fourth-order valence-corrected chi connectivity index (χ4v) is 11.2. The number of fused-ring (bicyclic) bond motifs is 7. The van der Waals surface area contributed by atoms with Gasteiger partial charge in [0.15, 0.2) is 7.28 Å². The SMILES string of the molecule is Cc1cc(-c2ccccc2)ccc1N1c2cc3oc4cc5c(cc4c3cc2[B]c2c(-c3cc4ccccc4cc3Nc3ccc(C(C)(C)C)cc3)cc(-c3ccccc3)cc21)C(C)(C)CCC5(C)C. The highest BCUT2D eigenvalue weighted by Gasteiger charge is 2.38. The van der Waals surface area contributed by atoms with Gasteiger partial charge in [-0.05, 0) is 163 Å². The molecular formula is C65H58BN2O. The van der Waals surface area contributed by atoms with Crippen molar-refractivity contribution < 1.29 is 4.42 Å². The second-order valence-corrected chi connectivity index (χ2v) is 22.0. The van der Waals surface area contributed by atoms with E-state index in [0.717, 1.165) is 80.0 Å².